The molecule has 0 aliphatic carbocycles. The Kier molecular flexibility index (Phi) is 4.40. The summed E-state index contributed by atoms with van der Waals surface area (Å²) in [4.78, 5) is 0. The molecule has 2 aromatic carbocycles. The standard InChI is InChI=1S/C14H12BF4O2/c1-20-13-7-2-4-10(14(13)16)9-21-12-6-3-5-11(8-12)15(17,18)19/h2-8H,9H2,1H3/q-1. The van der Waals surface area contributed by atoms with Crippen LogP contribution < -0.4 is 14.9 Å². The van der Waals surface area contributed by atoms with Crippen LogP contribution in [-0.2, 0) is 6.61 Å². The van der Waals surface area contributed by atoms with E-state index in [9.17, 15) is 17.3 Å². The van der Waals surface area contributed by atoms with Crippen molar-refractivity contribution in [3.05, 3.63) is 53.8 Å². The fourth-order valence-corrected chi connectivity index (χ4v) is 1.79. The summed E-state index contributed by atoms with van der Waals surface area (Å²) in [6.45, 7) is -5.27. The van der Waals surface area contributed by atoms with Crippen molar-refractivity contribution in [1.29, 1.82) is 0 Å². The van der Waals surface area contributed by atoms with E-state index >= 15 is 0 Å². The number of hydrogen-bond donors (Lipinski definition) is 0. The van der Waals surface area contributed by atoms with Crippen LogP contribution in [0.2, 0.25) is 0 Å². The first-order valence-electron chi connectivity index (χ1n) is 6.16. The van der Waals surface area contributed by atoms with Crippen molar-refractivity contribution in [2.24, 2.45) is 0 Å². The first-order chi connectivity index (χ1) is 9.91. The van der Waals surface area contributed by atoms with Gasteiger partial charge in [-0.25, -0.2) is 4.39 Å². The first kappa shape index (κ1) is 15.2. The molecule has 0 saturated heterocycles. The molecule has 0 N–H and O–H groups in total. The molecule has 0 radical (unpaired) electrons. The number of halogens is 4. The maximum absolute atomic E-state index is 13.9. The van der Waals surface area contributed by atoms with Gasteiger partial charge in [0.25, 0.3) is 0 Å². The van der Waals surface area contributed by atoms with Crippen LogP contribution >= 0.6 is 0 Å². The van der Waals surface area contributed by atoms with Gasteiger partial charge in [-0.15, -0.1) is 5.46 Å². The lowest BCUT2D eigenvalue weighted by Gasteiger charge is -2.16. The summed E-state index contributed by atoms with van der Waals surface area (Å²) in [5, 5.41) is 0. The van der Waals surface area contributed by atoms with Crippen LogP contribution in [0, 0.1) is 5.82 Å². The molecule has 2 nitrogen and oxygen atoms in total. The molecule has 2 aromatic rings. The Hall–Kier alpha value is -2.18. The second-order valence-corrected chi connectivity index (χ2v) is 4.37. The van der Waals surface area contributed by atoms with E-state index in [0.717, 1.165) is 12.1 Å². The maximum atomic E-state index is 13.9. The molecule has 2 rings (SSSR count). The molecule has 0 atom stereocenters. The lowest BCUT2D eigenvalue weighted by atomic mass is 9.80. The van der Waals surface area contributed by atoms with Crippen LogP contribution in [0.3, 0.4) is 0 Å². The maximum Gasteiger partial charge on any atom is 0.509 e. The Morgan fingerprint density at radius 1 is 1.05 bits per heavy atom. The molecule has 0 aromatic heterocycles. The van der Waals surface area contributed by atoms with E-state index in [4.69, 9.17) is 9.47 Å². The Labute approximate surface area is 119 Å². The fraction of sp³-hybridized carbons (Fsp3) is 0.143. The molecule has 0 fully saturated rings. The monoisotopic (exact) mass is 299 g/mol. The van der Waals surface area contributed by atoms with Crippen LogP contribution in [0.15, 0.2) is 42.5 Å². The van der Waals surface area contributed by atoms with Gasteiger partial charge in [0.2, 0.25) is 0 Å². The molecule has 112 valence electrons. The van der Waals surface area contributed by atoms with Crippen LogP contribution in [0.5, 0.6) is 11.5 Å². The quantitative estimate of drug-likeness (QED) is 0.622. The third-order valence-electron chi connectivity index (χ3n) is 2.89. The van der Waals surface area contributed by atoms with Gasteiger partial charge in [0.15, 0.2) is 11.6 Å². The molecule has 21 heavy (non-hydrogen) atoms. The van der Waals surface area contributed by atoms with E-state index in [1.165, 1.54) is 31.4 Å². The van der Waals surface area contributed by atoms with E-state index < -0.39 is 18.3 Å². The number of hydrogen-bond acceptors (Lipinski definition) is 2. The van der Waals surface area contributed by atoms with E-state index in [0.29, 0.717) is 0 Å². The van der Waals surface area contributed by atoms with Gasteiger partial charge >= 0.3 is 6.98 Å². The van der Waals surface area contributed by atoms with Gasteiger partial charge in [-0.1, -0.05) is 24.3 Å². The molecule has 0 saturated carbocycles. The number of ether oxygens (including phenoxy) is 2. The SMILES string of the molecule is COc1cccc(COc2cccc([B-](F)(F)F)c2)c1F. The molecule has 0 unspecified atom stereocenters. The summed E-state index contributed by atoms with van der Waals surface area (Å²) < 4.78 is 61.8. The van der Waals surface area contributed by atoms with Crippen molar-refractivity contribution in [2.75, 3.05) is 7.11 Å². The average Bonchev–Trinajstić information content (AvgIpc) is 2.45. The van der Waals surface area contributed by atoms with Crippen molar-refractivity contribution >= 4 is 12.4 Å². The molecule has 0 heterocycles. The highest BCUT2D eigenvalue weighted by atomic mass is 19.4. The van der Waals surface area contributed by atoms with Crippen LogP contribution in [0.1, 0.15) is 5.56 Å². The fourth-order valence-electron chi connectivity index (χ4n) is 1.79. The highest BCUT2D eigenvalue weighted by molar-refractivity contribution is 6.73. The molecule has 0 aliphatic rings. The van der Waals surface area contributed by atoms with E-state index in [2.05, 4.69) is 0 Å². The molecular weight excluding hydrogens is 287 g/mol. The van der Waals surface area contributed by atoms with Gasteiger partial charge in [0.05, 0.1) is 7.11 Å². The van der Waals surface area contributed by atoms with Gasteiger partial charge in [-0.3, -0.25) is 0 Å². The highest BCUT2D eigenvalue weighted by Crippen LogP contribution is 2.22. The highest BCUT2D eigenvalue weighted by Gasteiger charge is 2.25. The number of methoxy groups -OCH3 is 1. The van der Waals surface area contributed by atoms with Crippen molar-refractivity contribution in [3.8, 4) is 11.5 Å². The van der Waals surface area contributed by atoms with Gasteiger partial charge in [-0.05, 0) is 18.2 Å². The predicted molar refractivity (Wildman–Crippen MR) is 72.4 cm³/mol. The lowest BCUT2D eigenvalue weighted by Crippen LogP contribution is -2.33. The Morgan fingerprint density at radius 2 is 1.76 bits per heavy atom. The van der Waals surface area contributed by atoms with E-state index in [1.54, 1.807) is 6.07 Å². The molecule has 0 aliphatic heterocycles. The molecule has 0 bridgehead atoms. The first-order valence-corrected chi connectivity index (χ1v) is 6.16. The van der Waals surface area contributed by atoms with Crippen LogP contribution in [0.4, 0.5) is 17.3 Å². The minimum atomic E-state index is -5.09. The summed E-state index contributed by atoms with van der Waals surface area (Å²) in [6, 6.07) is 9.03. The second kappa shape index (κ2) is 6.07. The van der Waals surface area contributed by atoms with E-state index in [1.807, 2.05) is 0 Å². The minimum Gasteiger partial charge on any atom is -0.494 e. The molecule has 0 spiro atoms. The third kappa shape index (κ3) is 3.68. The van der Waals surface area contributed by atoms with Gasteiger partial charge < -0.3 is 22.4 Å². The lowest BCUT2D eigenvalue weighted by molar-refractivity contribution is 0.295. The summed E-state index contributed by atoms with van der Waals surface area (Å²) in [5.41, 5.74) is -0.545. The van der Waals surface area contributed by atoms with Gasteiger partial charge in [0.1, 0.15) is 12.4 Å². The van der Waals surface area contributed by atoms with Crippen molar-refractivity contribution in [3.63, 3.8) is 0 Å². The second-order valence-electron chi connectivity index (χ2n) is 4.37. The molecule has 7 heteroatoms. The summed E-state index contributed by atoms with van der Waals surface area (Å²) in [5.74, 6) is -0.492. The molecule has 0 amide bonds. The van der Waals surface area contributed by atoms with E-state index in [-0.39, 0.29) is 23.7 Å². The molecular formula is C14H12BF4O2-. The topological polar surface area (TPSA) is 18.5 Å². The minimum absolute atomic E-state index is 0.0360. The summed E-state index contributed by atoms with van der Waals surface area (Å²) in [6.07, 6.45) is 0. The van der Waals surface area contributed by atoms with Crippen molar-refractivity contribution < 1.29 is 26.8 Å². The third-order valence-corrected chi connectivity index (χ3v) is 2.89. The Bertz CT molecular complexity index is 629. The predicted octanol–water partition coefficient (Wildman–Crippen LogP) is 3.47. The van der Waals surface area contributed by atoms with Crippen LogP contribution in [-0.4, -0.2) is 14.1 Å². The zero-order valence-electron chi connectivity index (χ0n) is 11.2. The average molecular weight is 299 g/mol. The summed E-state index contributed by atoms with van der Waals surface area (Å²) in [7, 11) is 1.33. The number of rotatable bonds is 5. The van der Waals surface area contributed by atoms with Gasteiger partial charge in [0, 0.05) is 5.56 Å². The van der Waals surface area contributed by atoms with Crippen LogP contribution in [0.25, 0.3) is 0 Å². The Balaban J connectivity index is 2.14. The zero-order chi connectivity index (χ0) is 15.5. The summed E-state index contributed by atoms with van der Waals surface area (Å²) >= 11 is 0. The van der Waals surface area contributed by atoms with Crippen molar-refractivity contribution in [1.82, 2.24) is 0 Å². The number of benzene rings is 2. The van der Waals surface area contributed by atoms with Gasteiger partial charge in [-0.2, -0.15) is 0 Å². The zero-order valence-corrected chi connectivity index (χ0v) is 11.2. The largest absolute Gasteiger partial charge is 0.509 e. The normalized spacial score (nSPS) is 11.3. The Morgan fingerprint density at radius 3 is 2.43 bits per heavy atom. The van der Waals surface area contributed by atoms with Crippen molar-refractivity contribution in [2.45, 2.75) is 6.61 Å². The smallest absolute Gasteiger partial charge is 0.494 e.